The lowest BCUT2D eigenvalue weighted by molar-refractivity contribution is 0.164. The molecule has 1 rings (SSSR count). The summed E-state index contributed by atoms with van der Waals surface area (Å²) in [6.07, 6.45) is -0.581. The average Bonchev–Trinajstić information content (AvgIpc) is 2.17. The molecule has 0 heterocycles. The van der Waals surface area contributed by atoms with Crippen molar-refractivity contribution in [1.29, 1.82) is 0 Å². The van der Waals surface area contributed by atoms with E-state index in [0.717, 1.165) is 16.7 Å². The fourth-order valence-electron chi connectivity index (χ4n) is 1.41. The van der Waals surface area contributed by atoms with Crippen LogP contribution in [0, 0.1) is 6.92 Å². The van der Waals surface area contributed by atoms with E-state index in [4.69, 9.17) is 10.8 Å². The Kier molecular flexibility index (Phi) is 3.63. The molecule has 4 N–H and O–H groups in total. The lowest BCUT2D eigenvalue weighted by Gasteiger charge is -2.18. The molecular formula is C11H17NO2. The zero-order chi connectivity index (χ0) is 10.7. The van der Waals surface area contributed by atoms with E-state index in [1.807, 2.05) is 25.1 Å². The van der Waals surface area contributed by atoms with Crippen LogP contribution in [0.4, 0.5) is 0 Å². The molecule has 0 aliphatic heterocycles. The third-order valence-corrected chi connectivity index (χ3v) is 2.41. The maximum absolute atomic E-state index is 9.37. The van der Waals surface area contributed by atoms with Crippen molar-refractivity contribution in [2.45, 2.75) is 32.6 Å². The first kappa shape index (κ1) is 11.2. The molecule has 3 nitrogen and oxygen atoms in total. The summed E-state index contributed by atoms with van der Waals surface area (Å²) < 4.78 is 0. The number of rotatable bonds is 3. The SMILES string of the molecule is Cc1ccc(CO)cc1[C@H](N)[C@@H](C)O. The molecule has 14 heavy (non-hydrogen) atoms. The first-order valence-corrected chi connectivity index (χ1v) is 4.70. The summed E-state index contributed by atoms with van der Waals surface area (Å²) in [5.41, 5.74) is 8.58. The third-order valence-electron chi connectivity index (χ3n) is 2.41. The average molecular weight is 195 g/mol. The number of benzene rings is 1. The molecule has 0 saturated heterocycles. The lowest BCUT2D eigenvalue weighted by Crippen LogP contribution is -2.24. The van der Waals surface area contributed by atoms with Gasteiger partial charge in [0.2, 0.25) is 0 Å². The van der Waals surface area contributed by atoms with Crippen LogP contribution in [-0.4, -0.2) is 16.3 Å². The van der Waals surface area contributed by atoms with Gasteiger partial charge in [-0.15, -0.1) is 0 Å². The van der Waals surface area contributed by atoms with E-state index in [1.54, 1.807) is 6.92 Å². The van der Waals surface area contributed by atoms with Crippen LogP contribution in [0.2, 0.25) is 0 Å². The third kappa shape index (κ3) is 2.32. The zero-order valence-electron chi connectivity index (χ0n) is 8.57. The fourth-order valence-corrected chi connectivity index (χ4v) is 1.41. The molecule has 0 aliphatic carbocycles. The molecule has 3 heteroatoms. The summed E-state index contributed by atoms with van der Waals surface area (Å²) in [4.78, 5) is 0. The van der Waals surface area contributed by atoms with Gasteiger partial charge in [-0.05, 0) is 30.5 Å². The van der Waals surface area contributed by atoms with Gasteiger partial charge in [-0.3, -0.25) is 0 Å². The van der Waals surface area contributed by atoms with E-state index in [9.17, 15) is 5.11 Å². The molecule has 0 spiro atoms. The Bertz CT molecular complexity index is 310. The standard InChI is InChI=1S/C11H17NO2/c1-7-3-4-9(6-13)5-10(7)11(12)8(2)14/h3-5,8,11,13-14H,6,12H2,1-2H3/t8-,11-/m1/s1. The van der Waals surface area contributed by atoms with Gasteiger partial charge < -0.3 is 15.9 Å². The quantitative estimate of drug-likeness (QED) is 0.670. The number of hydrogen-bond donors (Lipinski definition) is 3. The van der Waals surface area contributed by atoms with Crippen LogP contribution in [0.25, 0.3) is 0 Å². The van der Waals surface area contributed by atoms with Crippen LogP contribution in [0.3, 0.4) is 0 Å². The largest absolute Gasteiger partial charge is 0.392 e. The minimum atomic E-state index is -0.581. The van der Waals surface area contributed by atoms with Crippen molar-refractivity contribution in [1.82, 2.24) is 0 Å². The lowest BCUT2D eigenvalue weighted by atomic mass is 9.96. The molecule has 1 aromatic rings. The summed E-state index contributed by atoms with van der Waals surface area (Å²) in [5, 5.41) is 18.3. The predicted molar refractivity (Wildman–Crippen MR) is 55.7 cm³/mol. The second-order valence-electron chi connectivity index (χ2n) is 3.62. The minimum Gasteiger partial charge on any atom is -0.392 e. The van der Waals surface area contributed by atoms with Gasteiger partial charge in [-0.2, -0.15) is 0 Å². The van der Waals surface area contributed by atoms with Crippen molar-refractivity contribution < 1.29 is 10.2 Å². The topological polar surface area (TPSA) is 66.5 Å². The molecule has 0 aliphatic rings. The van der Waals surface area contributed by atoms with Gasteiger partial charge in [0.1, 0.15) is 0 Å². The van der Waals surface area contributed by atoms with Crippen molar-refractivity contribution in [3.63, 3.8) is 0 Å². The van der Waals surface area contributed by atoms with Crippen LogP contribution in [0.1, 0.15) is 29.7 Å². The molecule has 0 radical (unpaired) electrons. The highest BCUT2D eigenvalue weighted by molar-refractivity contribution is 5.33. The monoisotopic (exact) mass is 195 g/mol. The molecule has 0 saturated carbocycles. The van der Waals surface area contributed by atoms with Gasteiger partial charge in [0.05, 0.1) is 18.8 Å². The van der Waals surface area contributed by atoms with E-state index >= 15 is 0 Å². The number of aliphatic hydroxyl groups excluding tert-OH is 2. The van der Waals surface area contributed by atoms with Crippen molar-refractivity contribution in [2.75, 3.05) is 0 Å². The van der Waals surface area contributed by atoms with E-state index in [2.05, 4.69) is 0 Å². The summed E-state index contributed by atoms with van der Waals surface area (Å²) >= 11 is 0. The molecule has 0 fully saturated rings. The van der Waals surface area contributed by atoms with Gasteiger partial charge in [0, 0.05) is 0 Å². The molecule has 2 atom stereocenters. The first-order chi connectivity index (χ1) is 6.56. The maximum atomic E-state index is 9.37. The van der Waals surface area contributed by atoms with E-state index < -0.39 is 6.10 Å². The molecule has 0 amide bonds. The van der Waals surface area contributed by atoms with Gasteiger partial charge in [-0.25, -0.2) is 0 Å². The molecule has 1 aromatic carbocycles. The van der Waals surface area contributed by atoms with Crippen LogP contribution < -0.4 is 5.73 Å². The van der Waals surface area contributed by atoms with E-state index in [1.165, 1.54) is 0 Å². The zero-order valence-corrected chi connectivity index (χ0v) is 8.57. The molecule has 0 unspecified atom stereocenters. The minimum absolute atomic E-state index is 0.000189. The highest BCUT2D eigenvalue weighted by atomic mass is 16.3. The summed E-state index contributed by atoms with van der Waals surface area (Å²) in [6, 6.07) is 5.21. The van der Waals surface area contributed by atoms with Crippen molar-refractivity contribution in [3.8, 4) is 0 Å². The van der Waals surface area contributed by atoms with Crippen molar-refractivity contribution in [2.24, 2.45) is 5.73 Å². The highest BCUT2D eigenvalue weighted by Crippen LogP contribution is 2.20. The summed E-state index contributed by atoms with van der Waals surface area (Å²) in [7, 11) is 0. The normalized spacial score (nSPS) is 15.2. The van der Waals surface area contributed by atoms with E-state index in [-0.39, 0.29) is 12.6 Å². The number of aryl methyl sites for hydroxylation is 1. The Balaban J connectivity index is 3.05. The summed E-state index contributed by atoms with van der Waals surface area (Å²) in [5.74, 6) is 0. The number of aliphatic hydroxyl groups is 2. The summed E-state index contributed by atoms with van der Waals surface area (Å²) in [6.45, 7) is 3.61. The number of nitrogens with two attached hydrogens (primary N) is 1. The Morgan fingerprint density at radius 1 is 1.43 bits per heavy atom. The Morgan fingerprint density at radius 3 is 2.57 bits per heavy atom. The van der Waals surface area contributed by atoms with Crippen LogP contribution in [0.15, 0.2) is 18.2 Å². The Morgan fingerprint density at radius 2 is 2.07 bits per heavy atom. The Hall–Kier alpha value is -0.900. The van der Waals surface area contributed by atoms with Crippen LogP contribution in [0.5, 0.6) is 0 Å². The molecule has 78 valence electrons. The smallest absolute Gasteiger partial charge is 0.0704 e. The van der Waals surface area contributed by atoms with Gasteiger partial charge in [0.15, 0.2) is 0 Å². The predicted octanol–water partition coefficient (Wildman–Crippen LogP) is 0.868. The molecular weight excluding hydrogens is 178 g/mol. The molecule has 0 aromatic heterocycles. The van der Waals surface area contributed by atoms with E-state index in [0.29, 0.717) is 0 Å². The van der Waals surface area contributed by atoms with Gasteiger partial charge >= 0.3 is 0 Å². The van der Waals surface area contributed by atoms with Crippen molar-refractivity contribution in [3.05, 3.63) is 34.9 Å². The van der Waals surface area contributed by atoms with Gasteiger partial charge in [0.25, 0.3) is 0 Å². The second kappa shape index (κ2) is 4.55. The molecule has 0 bridgehead atoms. The number of hydrogen-bond acceptors (Lipinski definition) is 3. The fraction of sp³-hybridized carbons (Fsp3) is 0.455. The van der Waals surface area contributed by atoms with Crippen LogP contribution in [-0.2, 0) is 6.61 Å². The van der Waals surface area contributed by atoms with Gasteiger partial charge in [-0.1, -0.05) is 18.2 Å². The maximum Gasteiger partial charge on any atom is 0.0704 e. The first-order valence-electron chi connectivity index (χ1n) is 4.70. The Labute approximate surface area is 84.2 Å². The van der Waals surface area contributed by atoms with Crippen molar-refractivity contribution >= 4 is 0 Å². The second-order valence-corrected chi connectivity index (χ2v) is 3.62. The van der Waals surface area contributed by atoms with Crippen LogP contribution >= 0.6 is 0 Å². The highest BCUT2D eigenvalue weighted by Gasteiger charge is 2.14.